The SMILES string of the molecule is C[C@H]1CC2CC[C@H]3OC(=O)C(C1)[C@@]23NCc1ccccc1. The molecule has 3 heteroatoms. The van der Waals surface area contributed by atoms with Crippen molar-refractivity contribution in [3.05, 3.63) is 35.9 Å². The fourth-order valence-electron chi connectivity index (χ4n) is 5.00. The Morgan fingerprint density at radius 3 is 2.86 bits per heavy atom. The lowest BCUT2D eigenvalue weighted by molar-refractivity contribution is -0.145. The Morgan fingerprint density at radius 1 is 1.24 bits per heavy atom. The summed E-state index contributed by atoms with van der Waals surface area (Å²) in [5.74, 6) is 1.32. The minimum atomic E-state index is -0.0978. The minimum absolute atomic E-state index is 0.0387. The molecule has 0 amide bonds. The lowest BCUT2D eigenvalue weighted by Gasteiger charge is -2.44. The molecule has 2 unspecified atom stereocenters. The summed E-state index contributed by atoms with van der Waals surface area (Å²) < 4.78 is 5.74. The van der Waals surface area contributed by atoms with Gasteiger partial charge in [0, 0.05) is 6.54 Å². The number of rotatable bonds is 3. The molecule has 3 fully saturated rings. The van der Waals surface area contributed by atoms with E-state index in [-0.39, 0.29) is 23.5 Å². The number of benzene rings is 1. The van der Waals surface area contributed by atoms with Crippen molar-refractivity contribution in [2.45, 2.75) is 50.8 Å². The number of esters is 1. The Morgan fingerprint density at radius 2 is 2.05 bits per heavy atom. The zero-order chi connectivity index (χ0) is 14.4. The summed E-state index contributed by atoms with van der Waals surface area (Å²) in [7, 11) is 0. The van der Waals surface area contributed by atoms with E-state index < -0.39 is 0 Å². The molecule has 0 spiro atoms. The van der Waals surface area contributed by atoms with Crippen LogP contribution in [0.15, 0.2) is 30.3 Å². The van der Waals surface area contributed by atoms with Gasteiger partial charge in [-0.3, -0.25) is 4.79 Å². The predicted octanol–water partition coefficient (Wildman–Crippen LogP) is 2.90. The highest BCUT2D eigenvalue weighted by atomic mass is 16.6. The maximum Gasteiger partial charge on any atom is 0.311 e. The summed E-state index contributed by atoms with van der Waals surface area (Å²) in [5.41, 5.74) is 1.18. The molecule has 2 saturated carbocycles. The molecule has 1 N–H and O–H groups in total. The van der Waals surface area contributed by atoms with Gasteiger partial charge in [-0.05, 0) is 43.1 Å². The van der Waals surface area contributed by atoms with E-state index in [0.29, 0.717) is 11.8 Å². The van der Waals surface area contributed by atoms with Crippen LogP contribution in [0.3, 0.4) is 0 Å². The van der Waals surface area contributed by atoms with Crippen molar-refractivity contribution in [3.8, 4) is 0 Å². The number of hydrogen-bond donors (Lipinski definition) is 1. The molecule has 0 radical (unpaired) electrons. The summed E-state index contributed by atoms with van der Waals surface area (Å²) >= 11 is 0. The molecule has 0 aromatic heterocycles. The quantitative estimate of drug-likeness (QED) is 0.868. The number of carbonyl (C=O) groups excluding carboxylic acids is 1. The van der Waals surface area contributed by atoms with Gasteiger partial charge in [0.2, 0.25) is 0 Å². The first kappa shape index (κ1) is 13.3. The van der Waals surface area contributed by atoms with Gasteiger partial charge in [0.25, 0.3) is 0 Å². The number of carbonyl (C=O) groups is 1. The van der Waals surface area contributed by atoms with Crippen LogP contribution in [0, 0.1) is 17.8 Å². The van der Waals surface area contributed by atoms with Crippen molar-refractivity contribution in [2.75, 3.05) is 0 Å². The molecule has 21 heavy (non-hydrogen) atoms. The number of nitrogens with one attached hydrogen (secondary N) is 1. The van der Waals surface area contributed by atoms with Crippen molar-refractivity contribution in [1.29, 1.82) is 0 Å². The lowest BCUT2D eigenvalue weighted by Crippen LogP contribution is -2.60. The van der Waals surface area contributed by atoms with Gasteiger partial charge in [-0.25, -0.2) is 0 Å². The molecule has 3 nitrogen and oxygen atoms in total. The Bertz CT molecular complexity index is 543. The van der Waals surface area contributed by atoms with E-state index in [4.69, 9.17) is 4.74 Å². The predicted molar refractivity (Wildman–Crippen MR) is 80.5 cm³/mol. The van der Waals surface area contributed by atoms with E-state index in [1.54, 1.807) is 0 Å². The maximum atomic E-state index is 12.3. The molecule has 1 aliphatic heterocycles. The fraction of sp³-hybridized carbons (Fsp3) is 0.611. The summed E-state index contributed by atoms with van der Waals surface area (Å²) in [6, 6.07) is 10.5. The second-order valence-corrected chi connectivity index (χ2v) is 7.10. The van der Waals surface area contributed by atoms with Crippen LogP contribution in [-0.2, 0) is 16.1 Å². The molecule has 3 aliphatic rings. The summed E-state index contributed by atoms with van der Waals surface area (Å²) in [6.07, 6.45) is 4.53. The van der Waals surface area contributed by atoms with Crippen LogP contribution in [0.25, 0.3) is 0 Å². The lowest BCUT2D eigenvalue weighted by atomic mass is 9.64. The molecule has 1 aromatic rings. The maximum absolute atomic E-state index is 12.3. The fourth-order valence-corrected chi connectivity index (χ4v) is 5.00. The Labute approximate surface area is 126 Å². The zero-order valence-corrected chi connectivity index (χ0v) is 12.5. The van der Waals surface area contributed by atoms with E-state index in [9.17, 15) is 4.79 Å². The largest absolute Gasteiger partial charge is 0.460 e. The highest BCUT2D eigenvalue weighted by Gasteiger charge is 2.65. The highest BCUT2D eigenvalue weighted by molar-refractivity contribution is 5.78. The number of ether oxygens (including phenoxy) is 1. The van der Waals surface area contributed by atoms with E-state index in [2.05, 4.69) is 36.5 Å². The monoisotopic (exact) mass is 285 g/mol. The average Bonchev–Trinajstić information content (AvgIpc) is 2.97. The molecular formula is C18H23NO2. The first-order valence-electron chi connectivity index (χ1n) is 8.19. The van der Waals surface area contributed by atoms with Gasteiger partial charge in [0.15, 0.2) is 0 Å². The van der Waals surface area contributed by atoms with Gasteiger partial charge in [0.1, 0.15) is 6.10 Å². The normalized spacial score (nSPS) is 40.9. The molecule has 0 bridgehead atoms. The van der Waals surface area contributed by atoms with Crippen LogP contribution >= 0.6 is 0 Å². The van der Waals surface area contributed by atoms with Crippen LogP contribution in [0.1, 0.15) is 38.2 Å². The Balaban J connectivity index is 1.62. The van der Waals surface area contributed by atoms with Crippen molar-refractivity contribution in [3.63, 3.8) is 0 Å². The first-order chi connectivity index (χ1) is 10.2. The smallest absolute Gasteiger partial charge is 0.311 e. The van der Waals surface area contributed by atoms with E-state index >= 15 is 0 Å². The molecule has 4 rings (SSSR count). The van der Waals surface area contributed by atoms with Crippen LogP contribution < -0.4 is 5.32 Å². The molecule has 2 aliphatic carbocycles. The van der Waals surface area contributed by atoms with E-state index in [0.717, 1.165) is 19.4 Å². The molecule has 5 atom stereocenters. The number of hydrogen-bond acceptors (Lipinski definition) is 3. The summed E-state index contributed by atoms with van der Waals surface area (Å²) in [5, 5.41) is 3.78. The van der Waals surface area contributed by atoms with Crippen molar-refractivity contribution >= 4 is 5.97 Å². The van der Waals surface area contributed by atoms with Crippen molar-refractivity contribution in [1.82, 2.24) is 5.32 Å². The topological polar surface area (TPSA) is 38.3 Å². The third kappa shape index (κ3) is 1.94. The minimum Gasteiger partial charge on any atom is -0.460 e. The second kappa shape index (κ2) is 4.84. The average molecular weight is 285 g/mol. The Kier molecular flexibility index (Phi) is 3.07. The van der Waals surface area contributed by atoms with Gasteiger partial charge >= 0.3 is 5.97 Å². The van der Waals surface area contributed by atoms with Crippen LogP contribution in [0.5, 0.6) is 0 Å². The summed E-state index contributed by atoms with van der Waals surface area (Å²) in [4.78, 5) is 12.3. The van der Waals surface area contributed by atoms with Gasteiger partial charge < -0.3 is 10.1 Å². The van der Waals surface area contributed by atoms with Gasteiger partial charge in [-0.2, -0.15) is 0 Å². The molecule has 1 heterocycles. The van der Waals surface area contributed by atoms with Crippen LogP contribution in [0.4, 0.5) is 0 Å². The van der Waals surface area contributed by atoms with Crippen molar-refractivity contribution < 1.29 is 9.53 Å². The van der Waals surface area contributed by atoms with E-state index in [1.165, 1.54) is 18.4 Å². The summed E-state index contributed by atoms with van der Waals surface area (Å²) in [6.45, 7) is 3.11. The second-order valence-electron chi connectivity index (χ2n) is 7.10. The Hall–Kier alpha value is -1.35. The zero-order valence-electron chi connectivity index (χ0n) is 12.5. The third-order valence-corrected chi connectivity index (χ3v) is 5.87. The van der Waals surface area contributed by atoms with Crippen molar-refractivity contribution in [2.24, 2.45) is 17.8 Å². The first-order valence-corrected chi connectivity index (χ1v) is 8.19. The van der Waals surface area contributed by atoms with Gasteiger partial charge in [0.05, 0.1) is 11.5 Å². The molecule has 1 aromatic carbocycles. The van der Waals surface area contributed by atoms with Gasteiger partial charge in [-0.1, -0.05) is 37.3 Å². The van der Waals surface area contributed by atoms with Crippen LogP contribution in [0.2, 0.25) is 0 Å². The molecule has 1 saturated heterocycles. The standard InChI is InChI=1S/C18H23NO2/c1-12-9-14-7-8-16-18(14,15(10-12)17(20)21-16)19-11-13-5-3-2-4-6-13/h2-6,12,14-16,19H,7-11H2,1H3/t12-,14?,15?,16+,18-/m0/s1. The van der Waals surface area contributed by atoms with Crippen LogP contribution in [-0.4, -0.2) is 17.6 Å². The molecular weight excluding hydrogens is 262 g/mol. The third-order valence-electron chi connectivity index (χ3n) is 5.87. The van der Waals surface area contributed by atoms with E-state index in [1.807, 2.05) is 6.07 Å². The highest BCUT2D eigenvalue weighted by Crippen LogP contribution is 2.55. The molecule has 112 valence electrons. The van der Waals surface area contributed by atoms with Gasteiger partial charge in [-0.15, -0.1) is 0 Å².